The fourth-order valence-corrected chi connectivity index (χ4v) is 4.86. The van der Waals surface area contributed by atoms with Crippen LogP contribution in [0.2, 0.25) is 5.15 Å². The molecule has 13 heteroatoms. The molecule has 9 nitrogen and oxygen atoms in total. The van der Waals surface area contributed by atoms with Crippen LogP contribution >= 0.6 is 11.6 Å². The maximum Gasteiger partial charge on any atom is 0.276 e. The molecular formula is C25H23ClF3N7O2. The molecule has 1 aliphatic rings. The maximum atomic E-state index is 15.4. The zero-order valence-electron chi connectivity index (χ0n) is 20.4. The van der Waals surface area contributed by atoms with Crippen molar-refractivity contribution >= 4 is 39.8 Å². The van der Waals surface area contributed by atoms with Crippen LogP contribution < -0.4 is 21.5 Å². The topological polar surface area (TPSA) is 111 Å². The van der Waals surface area contributed by atoms with E-state index >= 15 is 4.39 Å². The molecule has 1 fully saturated rings. The SMILES string of the molecule is CC(C)n1nc(Cl)c2c(N3CC[C@@H](N)C3)c(NC(=O)c3ccc(=O)n(-c4c(F)cccc4F)n3)cc(F)c21. The molecule has 0 saturated carbocycles. The zero-order valence-corrected chi connectivity index (χ0v) is 21.1. The van der Waals surface area contributed by atoms with E-state index < -0.39 is 34.6 Å². The summed E-state index contributed by atoms with van der Waals surface area (Å²) in [5, 5.41) is 11.2. The maximum absolute atomic E-state index is 15.4. The molecule has 2 aromatic heterocycles. The predicted molar refractivity (Wildman–Crippen MR) is 138 cm³/mol. The van der Waals surface area contributed by atoms with Crippen molar-refractivity contribution in [3.8, 4) is 5.69 Å². The minimum atomic E-state index is -1.03. The van der Waals surface area contributed by atoms with Gasteiger partial charge in [-0.25, -0.2) is 13.2 Å². The highest BCUT2D eigenvalue weighted by atomic mass is 35.5. The number of nitrogens with two attached hydrogens (primary N) is 1. The largest absolute Gasteiger partial charge is 0.368 e. The second kappa shape index (κ2) is 9.76. The summed E-state index contributed by atoms with van der Waals surface area (Å²) in [5.41, 5.74) is 4.91. The monoisotopic (exact) mass is 545 g/mol. The Kier molecular flexibility index (Phi) is 6.61. The predicted octanol–water partition coefficient (Wildman–Crippen LogP) is 4.02. The van der Waals surface area contributed by atoms with Crippen molar-refractivity contribution in [1.29, 1.82) is 0 Å². The molecule has 0 aliphatic carbocycles. The van der Waals surface area contributed by atoms with E-state index in [4.69, 9.17) is 17.3 Å². The minimum Gasteiger partial charge on any atom is -0.368 e. The first-order chi connectivity index (χ1) is 18.1. The number of fused-ring (bicyclic) bond motifs is 1. The van der Waals surface area contributed by atoms with Crippen molar-refractivity contribution in [3.05, 3.63) is 75.1 Å². The van der Waals surface area contributed by atoms with E-state index in [1.807, 2.05) is 18.7 Å². The van der Waals surface area contributed by atoms with Gasteiger partial charge in [0.25, 0.3) is 11.5 Å². The highest BCUT2D eigenvalue weighted by molar-refractivity contribution is 6.36. The number of benzene rings is 2. The Morgan fingerprint density at radius 2 is 1.82 bits per heavy atom. The summed E-state index contributed by atoms with van der Waals surface area (Å²) in [4.78, 5) is 27.5. The van der Waals surface area contributed by atoms with Crippen LogP contribution in [0.3, 0.4) is 0 Å². The number of rotatable bonds is 5. The van der Waals surface area contributed by atoms with Crippen LogP contribution in [0, 0.1) is 17.5 Å². The zero-order chi connectivity index (χ0) is 27.3. The summed E-state index contributed by atoms with van der Waals surface area (Å²) in [7, 11) is 0. The van der Waals surface area contributed by atoms with Gasteiger partial charge in [0.05, 0.1) is 16.8 Å². The number of nitrogens with one attached hydrogen (secondary N) is 1. The standard InChI is InChI=1S/C25H23ClF3N7O2/c1-12(2)35-22-16(29)10-18(23(20(22)24(26)33-35)34-9-8-13(30)11-34)31-25(38)17-6-7-19(37)36(32-17)21-14(27)4-3-5-15(21)28/h3-7,10,12-13H,8-9,11,30H2,1-2H3,(H,31,38)/t13-/m1/s1. The molecule has 0 radical (unpaired) electrons. The Bertz CT molecular complexity index is 1620. The highest BCUT2D eigenvalue weighted by Crippen LogP contribution is 2.42. The fourth-order valence-electron chi connectivity index (χ4n) is 4.60. The fraction of sp³-hybridized carbons (Fsp3) is 0.280. The van der Waals surface area contributed by atoms with Gasteiger partial charge in [-0.1, -0.05) is 17.7 Å². The molecule has 0 spiro atoms. The molecule has 2 aromatic carbocycles. The number of nitrogens with zero attached hydrogens (tertiary/aromatic N) is 5. The minimum absolute atomic E-state index is 0.0564. The normalized spacial score (nSPS) is 15.6. The van der Waals surface area contributed by atoms with Crippen LogP contribution in [-0.4, -0.2) is 44.6 Å². The van der Waals surface area contributed by atoms with Crippen molar-refractivity contribution < 1.29 is 18.0 Å². The first-order valence-electron chi connectivity index (χ1n) is 11.8. The number of halogens is 4. The average Bonchev–Trinajstić information content (AvgIpc) is 3.44. The molecule has 3 heterocycles. The Labute approximate surface area is 219 Å². The number of hydrogen-bond acceptors (Lipinski definition) is 6. The molecule has 1 atom stereocenters. The number of carbonyl (C=O) groups excluding carboxylic acids is 1. The molecule has 1 aliphatic heterocycles. The summed E-state index contributed by atoms with van der Waals surface area (Å²) < 4.78 is 46.0. The van der Waals surface area contributed by atoms with Crippen molar-refractivity contribution in [3.63, 3.8) is 0 Å². The summed E-state index contributed by atoms with van der Waals surface area (Å²) >= 11 is 6.48. The summed E-state index contributed by atoms with van der Waals surface area (Å²) in [6.07, 6.45) is 0.670. The summed E-state index contributed by atoms with van der Waals surface area (Å²) in [5.74, 6) is -3.57. The lowest BCUT2D eigenvalue weighted by atomic mass is 10.1. The van der Waals surface area contributed by atoms with E-state index in [0.717, 1.165) is 36.4 Å². The smallest absolute Gasteiger partial charge is 0.276 e. The van der Waals surface area contributed by atoms with E-state index in [1.54, 1.807) is 0 Å². The van der Waals surface area contributed by atoms with Crippen molar-refractivity contribution in [2.75, 3.05) is 23.3 Å². The van der Waals surface area contributed by atoms with Crippen molar-refractivity contribution in [2.24, 2.45) is 5.73 Å². The van der Waals surface area contributed by atoms with E-state index in [0.29, 0.717) is 35.3 Å². The molecule has 0 bridgehead atoms. The number of carbonyl (C=O) groups is 1. The third-order valence-corrected chi connectivity index (χ3v) is 6.58. The van der Waals surface area contributed by atoms with Crippen LogP contribution in [0.25, 0.3) is 16.6 Å². The van der Waals surface area contributed by atoms with E-state index in [2.05, 4.69) is 15.5 Å². The molecule has 38 heavy (non-hydrogen) atoms. The lowest BCUT2D eigenvalue weighted by Crippen LogP contribution is -2.28. The third-order valence-electron chi connectivity index (χ3n) is 6.32. The first kappa shape index (κ1) is 25.7. The van der Waals surface area contributed by atoms with Gasteiger partial charge in [-0.05, 0) is 38.5 Å². The van der Waals surface area contributed by atoms with Crippen LogP contribution in [-0.2, 0) is 0 Å². The van der Waals surface area contributed by atoms with Crippen molar-refractivity contribution in [2.45, 2.75) is 32.4 Å². The van der Waals surface area contributed by atoms with E-state index in [1.165, 1.54) is 4.68 Å². The second-order valence-electron chi connectivity index (χ2n) is 9.30. The Hall–Kier alpha value is -3.90. The molecule has 0 unspecified atom stereocenters. The van der Waals surface area contributed by atoms with Gasteiger partial charge in [-0.15, -0.1) is 0 Å². The van der Waals surface area contributed by atoms with Crippen LogP contribution in [0.1, 0.15) is 36.8 Å². The van der Waals surface area contributed by atoms with Crippen LogP contribution in [0.5, 0.6) is 0 Å². The number of aromatic nitrogens is 4. The van der Waals surface area contributed by atoms with E-state index in [9.17, 15) is 18.4 Å². The Balaban J connectivity index is 1.62. The van der Waals surface area contributed by atoms with Crippen LogP contribution in [0.4, 0.5) is 24.5 Å². The molecule has 1 amide bonds. The molecule has 5 rings (SSSR count). The number of amides is 1. The third kappa shape index (κ3) is 4.39. The van der Waals surface area contributed by atoms with Gasteiger partial charge in [-0.3, -0.25) is 14.3 Å². The lowest BCUT2D eigenvalue weighted by molar-refractivity contribution is 0.102. The first-order valence-corrected chi connectivity index (χ1v) is 12.2. The number of anilines is 2. The van der Waals surface area contributed by atoms with Gasteiger partial charge < -0.3 is 16.0 Å². The van der Waals surface area contributed by atoms with E-state index in [-0.39, 0.29) is 34.1 Å². The van der Waals surface area contributed by atoms with Crippen molar-refractivity contribution in [1.82, 2.24) is 19.6 Å². The van der Waals surface area contributed by atoms with Gasteiger partial charge in [-0.2, -0.15) is 14.9 Å². The highest BCUT2D eigenvalue weighted by Gasteiger charge is 2.30. The van der Waals surface area contributed by atoms with Crippen LogP contribution in [0.15, 0.2) is 41.2 Å². The molecule has 4 aromatic rings. The van der Waals surface area contributed by atoms with Gasteiger partial charge in [0.1, 0.15) is 16.9 Å². The molecule has 198 valence electrons. The summed E-state index contributed by atoms with van der Waals surface area (Å²) in [6.45, 7) is 4.64. The molecule has 1 saturated heterocycles. The number of hydrogen-bond donors (Lipinski definition) is 2. The quantitative estimate of drug-likeness (QED) is 0.392. The molecule has 3 N–H and O–H groups in total. The Morgan fingerprint density at radius 1 is 1.11 bits per heavy atom. The van der Waals surface area contributed by atoms with Gasteiger partial charge >= 0.3 is 0 Å². The lowest BCUT2D eigenvalue weighted by Gasteiger charge is -2.24. The average molecular weight is 546 g/mol. The van der Waals surface area contributed by atoms with Gasteiger partial charge in [0.15, 0.2) is 22.6 Å². The summed E-state index contributed by atoms with van der Waals surface area (Å²) in [6, 6.07) is 5.95. The molecular weight excluding hydrogens is 523 g/mol. The Morgan fingerprint density at radius 3 is 2.45 bits per heavy atom. The second-order valence-corrected chi connectivity index (χ2v) is 9.65. The van der Waals surface area contributed by atoms with Gasteiger partial charge in [0, 0.05) is 37.3 Å². The number of para-hydroxylation sites is 1. The van der Waals surface area contributed by atoms with Gasteiger partial charge in [0.2, 0.25) is 0 Å².